The predicted molar refractivity (Wildman–Crippen MR) is 91.4 cm³/mol. The molecule has 0 saturated carbocycles. The SMILES string of the molecule is N#Cc1ccc(N2CCC(c3c[nH]c4ncccc34)CC2)cc1. The van der Waals surface area contributed by atoms with Crippen LogP contribution in [0.15, 0.2) is 48.8 Å². The van der Waals surface area contributed by atoms with Crippen LogP contribution in [-0.4, -0.2) is 23.1 Å². The third-order valence-electron chi connectivity index (χ3n) is 4.78. The standard InChI is InChI=1S/C19H18N4/c20-12-14-3-5-16(6-4-14)23-10-7-15(8-11-23)18-13-22-19-17(18)2-1-9-21-19/h1-6,9,13,15H,7-8,10-11H2,(H,21,22). The highest BCUT2D eigenvalue weighted by Gasteiger charge is 2.23. The van der Waals surface area contributed by atoms with Crippen molar-refractivity contribution in [2.75, 3.05) is 18.0 Å². The van der Waals surface area contributed by atoms with Crippen molar-refractivity contribution in [2.24, 2.45) is 0 Å². The average molecular weight is 302 g/mol. The van der Waals surface area contributed by atoms with Gasteiger partial charge in [-0.3, -0.25) is 0 Å². The van der Waals surface area contributed by atoms with Crippen molar-refractivity contribution < 1.29 is 0 Å². The van der Waals surface area contributed by atoms with Crippen molar-refractivity contribution in [1.82, 2.24) is 9.97 Å². The Bertz CT molecular complexity index is 849. The van der Waals surface area contributed by atoms with Crippen LogP contribution < -0.4 is 4.90 Å². The molecule has 0 aliphatic carbocycles. The lowest BCUT2D eigenvalue weighted by molar-refractivity contribution is 0.508. The number of anilines is 1. The molecule has 3 aromatic rings. The molecule has 1 fully saturated rings. The zero-order chi connectivity index (χ0) is 15.6. The minimum absolute atomic E-state index is 0.586. The number of aromatic nitrogens is 2. The number of nitrogens with one attached hydrogen (secondary N) is 1. The Balaban J connectivity index is 1.49. The Morgan fingerprint density at radius 2 is 1.91 bits per heavy atom. The summed E-state index contributed by atoms with van der Waals surface area (Å²) in [5.41, 5.74) is 4.31. The van der Waals surface area contributed by atoms with Crippen molar-refractivity contribution in [2.45, 2.75) is 18.8 Å². The van der Waals surface area contributed by atoms with E-state index in [4.69, 9.17) is 5.26 Å². The fourth-order valence-electron chi connectivity index (χ4n) is 3.51. The van der Waals surface area contributed by atoms with Gasteiger partial charge in [-0.25, -0.2) is 4.98 Å². The summed E-state index contributed by atoms with van der Waals surface area (Å²) in [6, 6.07) is 14.2. The number of nitriles is 1. The first-order valence-electron chi connectivity index (χ1n) is 8.02. The van der Waals surface area contributed by atoms with E-state index in [9.17, 15) is 0 Å². The van der Waals surface area contributed by atoms with Gasteiger partial charge >= 0.3 is 0 Å². The summed E-state index contributed by atoms with van der Waals surface area (Å²) in [7, 11) is 0. The van der Waals surface area contributed by atoms with Crippen molar-refractivity contribution >= 4 is 16.7 Å². The Labute approximate surface area is 135 Å². The fraction of sp³-hybridized carbons (Fsp3) is 0.263. The summed E-state index contributed by atoms with van der Waals surface area (Å²) < 4.78 is 0. The van der Waals surface area contributed by atoms with E-state index in [2.05, 4.69) is 45.3 Å². The van der Waals surface area contributed by atoms with E-state index in [1.807, 2.05) is 24.4 Å². The molecule has 1 N–H and O–H groups in total. The van der Waals surface area contributed by atoms with Crippen LogP contribution in [0.4, 0.5) is 5.69 Å². The van der Waals surface area contributed by atoms with E-state index in [1.54, 1.807) is 0 Å². The van der Waals surface area contributed by atoms with Gasteiger partial charge in [0, 0.05) is 36.6 Å². The second-order valence-corrected chi connectivity index (χ2v) is 6.06. The first-order valence-corrected chi connectivity index (χ1v) is 8.02. The second kappa shape index (κ2) is 5.77. The molecule has 0 atom stereocenters. The summed E-state index contributed by atoms with van der Waals surface area (Å²) in [5, 5.41) is 10.1. The topological polar surface area (TPSA) is 55.7 Å². The molecule has 1 aliphatic rings. The van der Waals surface area contributed by atoms with Crippen LogP contribution in [0.2, 0.25) is 0 Å². The average Bonchev–Trinajstić information content (AvgIpc) is 3.06. The van der Waals surface area contributed by atoms with Gasteiger partial charge in [0.15, 0.2) is 0 Å². The van der Waals surface area contributed by atoms with Crippen LogP contribution >= 0.6 is 0 Å². The minimum atomic E-state index is 0.586. The van der Waals surface area contributed by atoms with Gasteiger partial charge in [-0.1, -0.05) is 0 Å². The number of nitrogens with zero attached hydrogens (tertiary/aromatic N) is 3. The summed E-state index contributed by atoms with van der Waals surface area (Å²) in [4.78, 5) is 10.1. The molecule has 4 rings (SSSR count). The highest BCUT2D eigenvalue weighted by Crippen LogP contribution is 2.34. The molecule has 23 heavy (non-hydrogen) atoms. The monoisotopic (exact) mass is 302 g/mol. The Morgan fingerprint density at radius 3 is 2.65 bits per heavy atom. The lowest BCUT2D eigenvalue weighted by Gasteiger charge is -2.33. The molecule has 114 valence electrons. The van der Waals surface area contributed by atoms with E-state index in [0.29, 0.717) is 5.92 Å². The molecule has 1 aromatic carbocycles. The second-order valence-electron chi connectivity index (χ2n) is 6.06. The van der Waals surface area contributed by atoms with Crippen molar-refractivity contribution in [3.63, 3.8) is 0 Å². The van der Waals surface area contributed by atoms with E-state index in [0.717, 1.165) is 37.1 Å². The lowest BCUT2D eigenvalue weighted by Crippen LogP contribution is -2.32. The molecule has 0 unspecified atom stereocenters. The number of pyridine rings is 1. The number of rotatable bonds is 2. The summed E-state index contributed by atoms with van der Waals surface area (Å²) in [6.07, 6.45) is 6.24. The Kier molecular flexibility index (Phi) is 3.47. The zero-order valence-corrected chi connectivity index (χ0v) is 12.9. The highest BCUT2D eigenvalue weighted by atomic mass is 15.1. The van der Waals surface area contributed by atoms with Crippen molar-refractivity contribution in [3.8, 4) is 6.07 Å². The summed E-state index contributed by atoms with van der Waals surface area (Å²) in [6.45, 7) is 2.09. The maximum atomic E-state index is 8.89. The number of piperidine rings is 1. The normalized spacial score (nSPS) is 15.7. The fourth-order valence-corrected chi connectivity index (χ4v) is 3.51. The van der Waals surface area contributed by atoms with E-state index in [1.165, 1.54) is 16.6 Å². The highest BCUT2D eigenvalue weighted by molar-refractivity contribution is 5.80. The molecular weight excluding hydrogens is 284 g/mol. The van der Waals surface area contributed by atoms with Crippen LogP contribution in [0.1, 0.15) is 29.9 Å². The van der Waals surface area contributed by atoms with Crippen LogP contribution in [0.5, 0.6) is 0 Å². The smallest absolute Gasteiger partial charge is 0.137 e. The molecule has 4 heteroatoms. The minimum Gasteiger partial charge on any atom is -0.371 e. The van der Waals surface area contributed by atoms with Gasteiger partial charge < -0.3 is 9.88 Å². The number of benzene rings is 1. The third kappa shape index (κ3) is 2.55. The summed E-state index contributed by atoms with van der Waals surface area (Å²) in [5.74, 6) is 0.586. The van der Waals surface area contributed by atoms with Gasteiger partial charge in [0.1, 0.15) is 5.65 Å². The van der Waals surface area contributed by atoms with Gasteiger partial charge in [-0.15, -0.1) is 0 Å². The molecule has 1 aliphatic heterocycles. The van der Waals surface area contributed by atoms with Gasteiger partial charge in [-0.2, -0.15) is 5.26 Å². The van der Waals surface area contributed by atoms with Crippen LogP contribution in [-0.2, 0) is 0 Å². The predicted octanol–water partition coefficient (Wildman–Crippen LogP) is 3.82. The van der Waals surface area contributed by atoms with Crippen LogP contribution in [0.3, 0.4) is 0 Å². The molecular formula is C19H18N4. The molecule has 3 heterocycles. The quantitative estimate of drug-likeness (QED) is 0.783. The number of H-pyrrole nitrogens is 1. The van der Waals surface area contributed by atoms with Gasteiger partial charge in [0.2, 0.25) is 0 Å². The Morgan fingerprint density at radius 1 is 1.13 bits per heavy atom. The van der Waals surface area contributed by atoms with E-state index < -0.39 is 0 Å². The molecule has 2 aromatic heterocycles. The van der Waals surface area contributed by atoms with Crippen LogP contribution in [0.25, 0.3) is 11.0 Å². The van der Waals surface area contributed by atoms with Crippen LogP contribution in [0, 0.1) is 11.3 Å². The first-order chi connectivity index (χ1) is 11.3. The molecule has 0 radical (unpaired) electrons. The maximum Gasteiger partial charge on any atom is 0.137 e. The van der Waals surface area contributed by atoms with E-state index >= 15 is 0 Å². The largest absolute Gasteiger partial charge is 0.371 e. The Hall–Kier alpha value is -2.80. The summed E-state index contributed by atoms with van der Waals surface area (Å²) >= 11 is 0. The molecule has 0 bridgehead atoms. The number of fused-ring (bicyclic) bond motifs is 1. The third-order valence-corrected chi connectivity index (χ3v) is 4.78. The number of hydrogen-bond acceptors (Lipinski definition) is 3. The molecule has 4 nitrogen and oxygen atoms in total. The zero-order valence-electron chi connectivity index (χ0n) is 12.9. The molecule has 0 spiro atoms. The van der Waals surface area contributed by atoms with Gasteiger partial charge in [0.25, 0.3) is 0 Å². The maximum absolute atomic E-state index is 8.89. The van der Waals surface area contributed by atoms with Crippen molar-refractivity contribution in [1.29, 1.82) is 5.26 Å². The molecule has 0 amide bonds. The van der Waals surface area contributed by atoms with Gasteiger partial charge in [0.05, 0.1) is 11.6 Å². The number of hydrogen-bond donors (Lipinski definition) is 1. The molecule has 1 saturated heterocycles. The van der Waals surface area contributed by atoms with Gasteiger partial charge in [-0.05, 0) is 60.7 Å². The van der Waals surface area contributed by atoms with E-state index in [-0.39, 0.29) is 0 Å². The lowest BCUT2D eigenvalue weighted by atomic mass is 9.89. The number of aromatic amines is 1. The first kappa shape index (κ1) is 13.8. The van der Waals surface area contributed by atoms with Crippen molar-refractivity contribution in [3.05, 3.63) is 59.9 Å².